The van der Waals surface area contributed by atoms with E-state index in [1.54, 1.807) is 0 Å². The maximum atomic E-state index is 10.5. The molecule has 1 heterocycles. The minimum absolute atomic E-state index is 0.0755. The summed E-state index contributed by atoms with van der Waals surface area (Å²) in [5, 5.41) is 0. The summed E-state index contributed by atoms with van der Waals surface area (Å²) < 4.78 is 4.88. The third kappa shape index (κ3) is 1.68. The minimum atomic E-state index is -0.0755. The second-order valence-corrected chi connectivity index (χ2v) is 2.23. The Morgan fingerprint density at radius 1 is 1.78 bits per heavy atom. The fourth-order valence-corrected chi connectivity index (χ4v) is 0.972. The first-order valence-electron chi connectivity index (χ1n) is 3.22. The number of ether oxygens (including phenoxy) is 1. The molecule has 1 atom stereocenters. The number of hydrogen-bond acceptors (Lipinski definition) is 3. The van der Waals surface area contributed by atoms with Gasteiger partial charge >= 0.3 is 5.97 Å². The molecule has 0 aromatic heterocycles. The van der Waals surface area contributed by atoms with E-state index in [4.69, 9.17) is 10.5 Å². The van der Waals surface area contributed by atoms with Crippen LogP contribution in [0.15, 0.2) is 0 Å². The zero-order valence-electron chi connectivity index (χ0n) is 5.30. The Kier molecular flexibility index (Phi) is 2.05. The predicted molar refractivity (Wildman–Crippen MR) is 32.8 cm³/mol. The van der Waals surface area contributed by atoms with Gasteiger partial charge in [-0.05, 0) is 19.4 Å². The largest absolute Gasteiger partial charge is 0.462 e. The lowest BCUT2D eigenvalue weighted by Gasteiger charge is -2.04. The monoisotopic (exact) mass is 129 g/mol. The maximum absolute atomic E-state index is 10.5. The van der Waals surface area contributed by atoms with Gasteiger partial charge in [0.05, 0.1) is 0 Å². The Morgan fingerprint density at radius 2 is 2.56 bits per heavy atom. The van der Waals surface area contributed by atoms with E-state index in [0.29, 0.717) is 13.0 Å². The predicted octanol–water partition coefficient (Wildman–Crippen LogP) is 0.0408. The van der Waals surface area contributed by atoms with Crippen LogP contribution in [-0.2, 0) is 9.53 Å². The summed E-state index contributed by atoms with van der Waals surface area (Å²) in [4.78, 5) is 10.5. The number of esters is 1. The molecule has 1 aliphatic heterocycles. The van der Waals surface area contributed by atoms with E-state index in [1.165, 1.54) is 0 Å². The minimum Gasteiger partial charge on any atom is -0.462 e. The molecule has 0 aromatic rings. The first-order valence-corrected chi connectivity index (χ1v) is 3.22. The smallest absolute Gasteiger partial charge is 0.306 e. The molecular weight excluding hydrogens is 118 g/mol. The summed E-state index contributed by atoms with van der Waals surface area (Å²) in [7, 11) is 0. The van der Waals surface area contributed by atoms with Crippen molar-refractivity contribution in [2.75, 3.05) is 6.54 Å². The highest BCUT2D eigenvalue weighted by Gasteiger charge is 2.21. The van der Waals surface area contributed by atoms with Crippen LogP contribution >= 0.6 is 0 Å². The van der Waals surface area contributed by atoms with Crippen LogP contribution in [0.25, 0.3) is 0 Å². The van der Waals surface area contributed by atoms with E-state index in [-0.39, 0.29) is 12.1 Å². The van der Waals surface area contributed by atoms with Crippen molar-refractivity contribution in [2.45, 2.75) is 25.4 Å². The molecule has 1 aliphatic rings. The topological polar surface area (TPSA) is 52.3 Å². The lowest BCUT2D eigenvalue weighted by molar-refractivity contribution is -0.141. The van der Waals surface area contributed by atoms with Gasteiger partial charge in [0, 0.05) is 6.42 Å². The van der Waals surface area contributed by atoms with Crippen molar-refractivity contribution in [3.8, 4) is 0 Å². The number of hydrogen-bond donors (Lipinski definition) is 1. The summed E-state index contributed by atoms with van der Waals surface area (Å²) in [6.07, 6.45) is 2.36. The molecule has 0 bridgehead atoms. The van der Waals surface area contributed by atoms with Gasteiger partial charge < -0.3 is 10.5 Å². The summed E-state index contributed by atoms with van der Waals surface area (Å²) in [5.74, 6) is -0.0755. The van der Waals surface area contributed by atoms with Crippen LogP contribution in [0.1, 0.15) is 19.3 Å². The Balaban J connectivity index is 2.22. The molecule has 3 heteroatoms. The van der Waals surface area contributed by atoms with Gasteiger partial charge in [0.1, 0.15) is 6.10 Å². The highest BCUT2D eigenvalue weighted by atomic mass is 16.5. The van der Waals surface area contributed by atoms with Crippen LogP contribution < -0.4 is 5.73 Å². The van der Waals surface area contributed by atoms with Crippen LogP contribution in [0.2, 0.25) is 0 Å². The molecule has 9 heavy (non-hydrogen) atoms. The summed E-state index contributed by atoms with van der Waals surface area (Å²) in [6.45, 7) is 0.609. The fourth-order valence-electron chi connectivity index (χ4n) is 0.972. The number of rotatable bonds is 2. The highest BCUT2D eigenvalue weighted by molar-refractivity contribution is 5.71. The SMILES string of the molecule is NCCC1CCC(=O)O1. The van der Waals surface area contributed by atoms with Crippen molar-refractivity contribution < 1.29 is 9.53 Å². The lowest BCUT2D eigenvalue weighted by atomic mass is 10.2. The third-order valence-electron chi connectivity index (χ3n) is 1.46. The van der Waals surface area contributed by atoms with E-state index in [9.17, 15) is 4.79 Å². The highest BCUT2D eigenvalue weighted by Crippen LogP contribution is 2.15. The van der Waals surface area contributed by atoms with Gasteiger partial charge in [-0.3, -0.25) is 4.79 Å². The summed E-state index contributed by atoms with van der Waals surface area (Å²) in [6, 6.07) is 0. The van der Waals surface area contributed by atoms with E-state index in [1.807, 2.05) is 0 Å². The second kappa shape index (κ2) is 2.82. The molecule has 0 spiro atoms. The molecular formula is C6H11NO2. The average molecular weight is 129 g/mol. The number of cyclic esters (lactones) is 1. The Hall–Kier alpha value is -0.570. The van der Waals surface area contributed by atoms with Crippen molar-refractivity contribution in [1.82, 2.24) is 0 Å². The van der Waals surface area contributed by atoms with Crippen molar-refractivity contribution in [3.05, 3.63) is 0 Å². The molecule has 0 aliphatic carbocycles. The molecule has 0 aromatic carbocycles. The van der Waals surface area contributed by atoms with E-state index in [0.717, 1.165) is 12.8 Å². The van der Waals surface area contributed by atoms with E-state index >= 15 is 0 Å². The van der Waals surface area contributed by atoms with Crippen molar-refractivity contribution in [1.29, 1.82) is 0 Å². The molecule has 0 saturated carbocycles. The number of carbonyl (C=O) groups is 1. The molecule has 52 valence electrons. The first-order chi connectivity index (χ1) is 4.33. The maximum Gasteiger partial charge on any atom is 0.306 e. The zero-order chi connectivity index (χ0) is 6.69. The van der Waals surface area contributed by atoms with Crippen LogP contribution in [0.5, 0.6) is 0 Å². The molecule has 0 amide bonds. The molecule has 3 nitrogen and oxygen atoms in total. The van der Waals surface area contributed by atoms with Crippen LogP contribution in [-0.4, -0.2) is 18.6 Å². The van der Waals surface area contributed by atoms with Gasteiger partial charge in [-0.2, -0.15) is 0 Å². The van der Waals surface area contributed by atoms with E-state index < -0.39 is 0 Å². The number of nitrogens with two attached hydrogens (primary N) is 1. The molecule has 2 N–H and O–H groups in total. The zero-order valence-corrected chi connectivity index (χ0v) is 5.30. The van der Waals surface area contributed by atoms with Crippen molar-refractivity contribution >= 4 is 5.97 Å². The van der Waals surface area contributed by atoms with Crippen LogP contribution in [0.3, 0.4) is 0 Å². The molecule has 1 fully saturated rings. The van der Waals surface area contributed by atoms with Gasteiger partial charge in [-0.1, -0.05) is 0 Å². The Bertz CT molecular complexity index is 114. The van der Waals surface area contributed by atoms with Gasteiger partial charge in [-0.25, -0.2) is 0 Å². The quantitative estimate of drug-likeness (QED) is 0.535. The second-order valence-electron chi connectivity index (χ2n) is 2.23. The Morgan fingerprint density at radius 3 is 3.00 bits per heavy atom. The van der Waals surface area contributed by atoms with E-state index in [2.05, 4.69) is 0 Å². The lowest BCUT2D eigenvalue weighted by Crippen LogP contribution is -2.12. The average Bonchev–Trinajstić information content (AvgIpc) is 2.17. The van der Waals surface area contributed by atoms with Crippen LogP contribution in [0.4, 0.5) is 0 Å². The first kappa shape index (κ1) is 6.55. The summed E-state index contributed by atoms with van der Waals surface area (Å²) >= 11 is 0. The third-order valence-corrected chi connectivity index (χ3v) is 1.46. The summed E-state index contributed by atoms with van der Waals surface area (Å²) in [5.41, 5.74) is 5.26. The van der Waals surface area contributed by atoms with Gasteiger partial charge in [0.25, 0.3) is 0 Å². The number of carbonyl (C=O) groups excluding carboxylic acids is 1. The molecule has 1 saturated heterocycles. The normalized spacial score (nSPS) is 26.3. The van der Waals surface area contributed by atoms with Gasteiger partial charge in [0.2, 0.25) is 0 Å². The Labute approximate surface area is 54.2 Å². The van der Waals surface area contributed by atoms with Crippen molar-refractivity contribution in [2.24, 2.45) is 5.73 Å². The molecule has 1 rings (SSSR count). The molecule has 1 unspecified atom stereocenters. The van der Waals surface area contributed by atoms with Crippen LogP contribution in [0, 0.1) is 0 Å². The molecule has 0 radical (unpaired) electrons. The standard InChI is InChI=1S/C6H11NO2/c7-4-3-5-1-2-6(8)9-5/h5H,1-4,7H2. The van der Waals surface area contributed by atoms with Gasteiger partial charge in [-0.15, -0.1) is 0 Å². The van der Waals surface area contributed by atoms with Gasteiger partial charge in [0.15, 0.2) is 0 Å². The fraction of sp³-hybridized carbons (Fsp3) is 0.833. The van der Waals surface area contributed by atoms with Crippen molar-refractivity contribution in [3.63, 3.8) is 0 Å².